The van der Waals surface area contributed by atoms with E-state index in [9.17, 15) is 5.11 Å². The zero-order chi connectivity index (χ0) is 19.2. The average molecular weight is 364 g/mol. The molecule has 3 heterocycles. The number of imidazole rings is 1. The fourth-order valence-electron chi connectivity index (χ4n) is 3.46. The lowest BCUT2D eigenvalue weighted by atomic mass is 9.96. The number of nitrogens with zero attached hydrogens (tertiary/aromatic N) is 3. The second-order valence-corrected chi connectivity index (χ2v) is 6.71. The van der Waals surface area contributed by atoms with E-state index in [1.54, 1.807) is 24.5 Å². The van der Waals surface area contributed by atoms with Crippen LogP contribution < -0.4 is 0 Å². The van der Waals surface area contributed by atoms with Crippen molar-refractivity contribution < 1.29 is 5.11 Å². The molecular weight excluding hydrogens is 336 g/mol. The van der Waals surface area contributed by atoms with E-state index in [-0.39, 0.29) is 5.75 Å². The van der Waals surface area contributed by atoms with Gasteiger partial charge in [-0.3, -0.25) is 4.98 Å². The van der Waals surface area contributed by atoms with Gasteiger partial charge in [0.05, 0.1) is 11.4 Å². The number of hydrogen-bond donors (Lipinski definition) is 2. The highest BCUT2D eigenvalue weighted by atomic mass is 16.3. The van der Waals surface area contributed by atoms with E-state index >= 15 is 0 Å². The summed E-state index contributed by atoms with van der Waals surface area (Å²) in [5.41, 5.74) is 3.85. The van der Waals surface area contributed by atoms with Crippen molar-refractivity contribution in [1.29, 1.82) is 0 Å². The Morgan fingerprint density at radius 1 is 1.04 bits per heavy atom. The summed E-state index contributed by atoms with van der Waals surface area (Å²) in [7, 11) is 2.17. The Labute approximate surface area is 161 Å². The molecule has 1 saturated heterocycles. The van der Waals surface area contributed by atoms with Crippen LogP contribution in [-0.4, -0.2) is 45.1 Å². The molecule has 1 aliphatic heterocycles. The van der Waals surface area contributed by atoms with Gasteiger partial charge in [0.25, 0.3) is 0 Å². The normalized spacial score (nSPS) is 15.2. The quantitative estimate of drug-likeness (QED) is 0.708. The molecule has 4 rings (SSSR count). The van der Waals surface area contributed by atoms with Gasteiger partial charge >= 0.3 is 0 Å². The Balaban J connectivity index is 0.00000102. The first-order valence-corrected chi connectivity index (χ1v) is 9.69. The lowest BCUT2D eigenvalue weighted by Gasteiger charge is -2.27. The van der Waals surface area contributed by atoms with Crippen LogP contribution in [0.15, 0.2) is 48.8 Å². The lowest BCUT2D eigenvalue weighted by molar-refractivity contribution is 0.251. The zero-order valence-corrected chi connectivity index (χ0v) is 16.3. The molecule has 3 aromatic rings. The molecule has 2 aromatic heterocycles. The second kappa shape index (κ2) is 8.82. The summed E-state index contributed by atoms with van der Waals surface area (Å²) < 4.78 is 0. The number of hydrogen-bond acceptors (Lipinski definition) is 4. The molecule has 0 saturated carbocycles. The lowest BCUT2D eigenvalue weighted by Crippen LogP contribution is -2.29. The predicted octanol–water partition coefficient (Wildman–Crippen LogP) is 4.68. The topological polar surface area (TPSA) is 65.0 Å². The van der Waals surface area contributed by atoms with Crippen molar-refractivity contribution in [3.05, 3.63) is 54.6 Å². The molecule has 1 aliphatic rings. The minimum Gasteiger partial charge on any atom is -0.508 e. The molecule has 0 radical (unpaired) electrons. The maximum atomic E-state index is 9.87. The van der Waals surface area contributed by atoms with Crippen LogP contribution in [0.5, 0.6) is 5.75 Å². The van der Waals surface area contributed by atoms with Crippen molar-refractivity contribution in [2.24, 2.45) is 0 Å². The Morgan fingerprint density at radius 3 is 2.41 bits per heavy atom. The molecule has 0 bridgehead atoms. The summed E-state index contributed by atoms with van der Waals surface area (Å²) in [5, 5.41) is 9.87. The van der Waals surface area contributed by atoms with Gasteiger partial charge in [-0.1, -0.05) is 26.0 Å². The van der Waals surface area contributed by atoms with Crippen LogP contribution in [0.25, 0.3) is 22.5 Å². The third kappa shape index (κ3) is 4.37. The van der Waals surface area contributed by atoms with Crippen LogP contribution in [-0.2, 0) is 0 Å². The molecule has 2 N–H and O–H groups in total. The third-order valence-electron chi connectivity index (χ3n) is 4.92. The molecule has 27 heavy (non-hydrogen) atoms. The van der Waals surface area contributed by atoms with E-state index in [1.807, 2.05) is 38.1 Å². The molecule has 142 valence electrons. The van der Waals surface area contributed by atoms with Gasteiger partial charge in [-0.15, -0.1) is 0 Å². The number of pyridine rings is 1. The highest BCUT2D eigenvalue weighted by Gasteiger charge is 2.23. The first-order chi connectivity index (χ1) is 13.2. The molecule has 5 heteroatoms. The number of piperidine rings is 1. The van der Waals surface area contributed by atoms with E-state index in [2.05, 4.69) is 21.9 Å². The molecule has 0 amide bonds. The van der Waals surface area contributed by atoms with Crippen molar-refractivity contribution in [1.82, 2.24) is 19.9 Å². The number of phenolic OH excluding ortho intramolecular Hbond substituents is 1. The minimum atomic E-state index is 0.252. The first kappa shape index (κ1) is 19.1. The summed E-state index contributed by atoms with van der Waals surface area (Å²) in [6.07, 6.45) is 5.80. The Morgan fingerprint density at radius 2 is 1.74 bits per heavy atom. The van der Waals surface area contributed by atoms with Crippen LogP contribution in [0.3, 0.4) is 0 Å². The number of rotatable bonds is 3. The van der Waals surface area contributed by atoms with Gasteiger partial charge in [0, 0.05) is 29.4 Å². The maximum Gasteiger partial charge on any atom is 0.116 e. The van der Waals surface area contributed by atoms with E-state index in [1.165, 1.54) is 0 Å². The van der Waals surface area contributed by atoms with Crippen LogP contribution in [0.1, 0.15) is 38.4 Å². The van der Waals surface area contributed by atoms with E-state index < -0.39 is 0 Å². The fraction of sp³-hybridized carbons (Fsp3) is 0.364. The molecule has 0 spiro atoms. The SMILES string of the molecule is CC.CN1CCC(c2nc(-c3cccc(O)c3)c(-c3ccncc3)[nH]2)CC1. The van der Waals surface area contributed by atoms with E-state index in [4.69, 9.17) is 4.98 Å². The van der Waals surface area contributed by atoms with Gasteiger partial charge in [-0.05, 0) is 57.2 Å². The molecule has 1 fully saturated rings. The Hall–Kier alpha value is -2.66. The predicted molar refractivity (Wildman–Crippen MR) is 110 cm³/mol. The van der Waals surface area contributed by atoms with Gasteiger partial charge in [-0.2, -0.15) is 0 Å². The number of likely N-dealkylation sites (tertiary alicyclic amines) is 1. The number of benzene rings is 1. The van der Waals surface area contributed by atoms with Gasteiger partial charge in [0.2, 0.25) is 0 Å². The van der Waals surface area contributed by atoms with Gasteiger partial charge in [0.15, 0.2) is 0 Å². The standard InChI is InChI=1S/C20H22N4O.C2H6/c1-24-11-7-15(8-12-24)20-22-18(14-5-9-21-10-6-14)19(23-20)16-3-2-4-17(25)13-16;1-2/h2-6,9-10,13,15,25H,7-8,11-12H2,1H3,(H,22,23);1-2H3. The van der Waals surface area contributed by atoms with Crippen molar-refractivity contribution in [3.8, 4) is 28.3 Å². The largest absolute Gasteiger partial charge is 0.508 e. The number of H-pyrrole nitrogens is 1. The van der Waals surface area contributed by atoms with E-state index in [0.717, 1.165) is 54.3 Å². The van der Waals surface area contributed by atoms with Crippen LogP contribution >= 0.6 is 0 Å². The summed E-state index contributed by atoms with van der Waals surface area (Å²) >= 11 is 0. The average Bonchev–Trinajstić information content (AvgIpc) is 3.16. The van der Waals surface area contributed by atoms with Gasteiger partial charge in [-0.25, -0.2) is 4.98 Å². The number of aromatic hydroxyl groups is 1. The first-order valence-electron chi connectivity index (χ1n) is 9.69. The van der Waals surface area contributed by atoms with Crippen molar-refractivity contribution in [2.45, 2.75) is 32.6 Å². The smallest absolute Gasteiger partial charge is 0.116 e. The molecule has 1 aromatic carbocycles. The Kier molecular flexibility index (Phi) is 6.24. The minimum absolute atomic E-state index is 0.252. The highest BCUT2D eigenvalue weighted by molar-refractivity contribution is 5.78. The zero-order valence-electron chi connectivity index (χ0n) is 16.3. The van der Waals surface area contributed by atoms with E-state index in [0.29, 0.717) is 5.92 Å². The van der Waals surface area contributed by atoms with Gasteiger partial charge in [0.1, 0.15) is 11.6 Å². The molecular formula is C22H28N4O. The maximum absolute atomic E-state index is 9.87. The van der Waals surface area contributed by atoms with Crippen LogP contribution in [0, 0.1) is 0 Å². The van der Waals surface area contributed by atoms with Crippen LogP contribution in [0.2, 0.25) is 0 Å². The number of phenols is 1. The van der Waals surface area contributed by atoms with Crippen molar-refractivity contribution in [2.75, 3.05) is 20.1 Å². The van der Waals surface area contributed by atoms with Crippen molar-refractivity contribution >= 4 is 0 Å². The number of nitrogens with one attached hydrogen (secondary N) is 1. The van der Waals surface area contributed by atoms with Crippen LogP contribution in [0.4, 0.5) is 0 Å². The monoisotopic (exact) mass is 364 g/mol. The van der Waals surface area contributed by atoms with Gasteiger partial charge < -0.3 is 15.0 Å². The summed E-state index contributed by atoms with van der Waals surface area (Å²) in [4.78, 5) is 15.0. The Bertz CT molecular complexity index is 852. The molecule has 0 atom stereocenters. The van der Waals surface area contributed by atoms with Crippen molar-refractivity contribution in [3.63, 3.8) is 0 Å². The third-order valence-corrected chi connectivity index (χ3v) is 4.92. The number of aromatic nitrogens is 3. The highest BCUT2D eigenvalue weighted by Crippen LogP contribution is 2.35. The fourth-order valence-corrected chi connectivity index (χ4v) is 3.46. The molecule has 5 nitrogen and oxygen atoms in total. The summed E-state index contributed by atoms with van der Waals surface area (Å²) in [6.45, 7) is 6.19. The summed E-state index contributed by atoms with van der Waals surface area (Å²) in [5.74, 6) is 1.74. The molecule has 0 aliphatic carbocycles. The second-order valence-electron chi connectivity index (χ2n) is 6.71. The number of aromatic amines is 1. The molecule has 0 unspecified atom stereocenters. The summed E-state index contributed by atoms with van der Waals surface area (Å²) in [6, 6.07) is 11.2.